The number of aliphatic imine (C=N–C) groups is 1. The van der Waals surface area contributed by atoms with Crippen molar-refractivity contribution in [3.8, 4) is 5.75 Å². The topological polar surface area (TPSA) is 100 Å². The van der Waals surface area contributed by atoms with Crippen LogP contribution in [0.3, 0.4) is 0 Å². The Labute approximate surface area is 203 Å². The number of hydrogen-bond donors (Lipinski definition) is 2. The predicted molar refractivity (Wildman–Crippen MR) is 137 cm³/mol. The Hall–Kier alpha value is -2.97. The van der Waals surface area contributed by atoms with E-state index in [1.807, 2.05) is 31.9 Å². The van der Waals surface area contributed by atoms with Gasteiger partial charge in [0.2, 0.25) is 0 Å². The van der Waals surface area contributed by atoms with Crippen molar-refractivity contribution in [1.82, 2.24) is 4.90 Å². The van der Waals surface area contributed by atoms with Crippen LogP contribution >= 0.6 is 0 Å². The summed E-state index contributed by atoms with van der Waals surface area (Å²) in [5.41, 5.74) is 2.40. The maximum absolute atomic E-state index is 13.3. The summed E-state index contributed by atoms with van der Waals surface area (Å²) in [5, 5.41) is 10.1. The molecule has 0 radical (unpaired) electrons. The first-order chi connectivity index (χ1) is 16.5. The minimum Gasteiger partial charge on any atom is -0.491 e. The molecule has 0 aliphatic carbocycles. The third-order valence-electron chi connectivity index (χ3n) is 5.59. The molecule has 0 bridgehead atoms. The minimum atomic E-state index is -0.228. The second-order valence-electron chi connectivity index (χ2n) is 7.83. The largest absolute Gasteiger partial charge is 0.491 e. The number of nitrogens with zero attached hydrogens (tertiary/aromatic N) is 2. The van der Waals surface area contributed by atoms with Crippen molar-refractivity contribution < 1.29 is 24.2 Å². The average Bonchev–Trinajstić information content (AvgIpc) is 2.86. The van der Waals surface area contributed by atoms with Gasteiger partial charge in [0.1, 0.15) is 17.9 Å². The van der Waals surface area contributed by atoms with Crippen molar-refractivity contribution in [1.29, 1.82) is 0 Å². The van der Waals surface area contributed by atoms with Crippen LogP contribution < -0.4 is 10.1 Å². The maximum atomic E-state index is 13.3. The van der Waals surface area contributed by atoms with Gasteiger partial charge in [-0.2, -0.15) is 0 Å². The average molecular weight is 474 g/mol. The zero-order valence-corrected chi connectivity index (χ0v) is 21.1. The summed E-state index contributed by atoms with van der Waals surface area (Å²) >= 11 is 0. The highest BCUT2D eigenvalue weighted by molar-refractivity contribution is 6.14. The van der Waals surface area contributed by atoms with Crippen LogP contribution in [0.2, 0.25) is 0 Å². The number of carbonyl (C=O) groups excluding carboxylic acids is 2. The number of allylic oxidation sites excluding steroid dienone is 3. The fraction of sp³-hybridized carbons (Fsp3) is 0.500. The smallest absolute Gasteiger partial charge is 0.191 e. The summed E-state index contributed by atoms with van der Waals surface area (Å²) < 4.78 is 11.2. The summed E-state index contributed by atoms with van der Waals surface area (Å²) in [4.78, 5) is 30.8. The van der Waals surface area contributed by atoms with Crippen molar-refractivity contribution in [3.05, 3.63) is 46.8 Å². The third-order valence-corrected chi connectivity index (χ3v) is 5.59. The van der Waals surface area contributed by atoms with E-state index in [-0.39, 0.29) is 12.2 Å². The molecule has 8 heteroatoms. The first-order valence-electron chi connectivity index (χ1n) is 11.5. The Bertz CT molecular complexity index is 873. The Kier molecular flexibility index (Phi) is 13.5. The van der Waals surface area contributed by atoms with Crippen molar-refractivity contribution in [2.24, 2.45) is 10.9 Å². The van der Waals surface area contributed by atoms with Crippen LogP contribution in [0.25, 0.3) is 0 Å². The summed E-state index contributed by atoms with van der Waals surface area (Å²) in [5.74, 6) is 1.60. The molecule has 1 fully saturated rings. The normalized spacial score (nSPS) is 14.5. The molecule has 2 rings (SSSR count). The van der Waals surface area contributed by atoms with E-state index >= 15 is 0 Å². The van der Waals surface area contributed by atoms with Crippen LogP contribution in [0.15, 0.2) is 40.7 Å². The van der Waals surface area contributed by atoms with Crippen molar-refractivity contribution in [3.63, 3.8) is 0 Å². The van der Waals surface area contributed by atoms with Crippen molar-refractivity contribution in [2.75, 3.05) is 52.9 Å². The molecule has 1 aromatic rings. The molecule has 1 aliphatic rings. The molecular weight excluding hydrogens is 434 g/mol. The fourth-order valence-corrected chi connectivity index (χ4v) is 3.84. The van der Waals surface area contributed by atoms with E-state index in [0.717, 1.165) is 51.6 Å². The van der Waals surface area contributed by atoms with Crippen molar-refractivity contribution in [2.45, 2.75) is 33.1 Å². The van der Waals surface area contributed by atoms with Gasteiger partial charge in [-0.1, -0.05) is 12.1 Å². The molecule has 2 N–H and O–H groups in total. The summed E-state index contributed by atoms with van der Waals surface area (Å²) in [6.07, 6.45) is 6.19. The van der Waals surface area contributed by atoms with E-state index in [1.54, 1.807) is 25.3 Å². The zero-order valence-electron chi connectivity index (χ0n) is 21.1. The Morgan fingerprint density at radius 3 is 2.56 bits per heavy atom. The van der Waals surface area contributed by atoms with Crippen LogP contribution in [0, 0.1) is 12.8 Å². The van der Waals surface area contributed by atoms with Crippen LogP contribution in [0.4, 0.5) is 5.69 Å². The monoisotopic (exact) mass is 473 g/mol. The number of hydrogen-bond acceptors (Lipinski definition) is 8. The number of nitrogens with one attached hydrogen (secondary N) is 1. The van der Waals surface area contributed by atoms with Gasteiger partial charge in [0, 0.05) is 58.5 Å². The van der Waals surface area contributed by atoms with Crippen LogP contribution in [0.1, 0.15) is 42.1 Å². The molecule has 1 aliphatic heterocycles. The summed E-state index contributed by atoms with van der Waals surface area (Å²) in [7, 11) is 4.71. The summed E-state index contributed by atoms with van der Waals surface area (Å²) in [6, 6.07) is 3.62. The molecule has 0 spiro atoms. The lowest BCUT2D eigenvalue weighted by molar-refractivity contribution is -0.107. The van der Waals surface area contributed by atoms with Gasteiger partial charge >= 0.3 is 0 Å². The molecule has 1 saturated heterocycles. The quantitative estimate of drug-likeness (QED) is 0.157. The standard InChI is InChI=1S/C25H35N3O4.CH4O/c1-6-32-25-18(2)7-9-21(23(25)27-4)24(30)20(11-14-29)8-10-22(26-3)28(5)17-19-12-15-31-16-13-19;1-2/h7-10,14,19,27H,3,6,11-13,15-17H2,1-2,4-5H3;2H,1H3/b20-8+,22-10+;. The molecule has 0 unspecified atom stereocenters. The highest BCUT2D eigenvalue weighted by atomic mass is 16.5. The molecule has 0 saturated carbocycles. The van der Waals surface area contributed by atoms with Gasteiger partial charge in [-0.15, -0.1) is 0 Å². The Morgan fingerprint density at radius 1 is 1.32 bits per heavy atom. The molecule has 34 heavy (non-hydrogen) atoms. The number of ketones is 1. The van der Waals surface area contributed by atoms with E-state index in [2.05, 4.69) is 17.0 Å². The Balaban J connectivity index is 0.00000281. The second kappa shape index (κ2) is 15.8. The van der Waals surface area contributed by atoms with E-state index in [4.69, 9.17) is 14.6 Å². The Morgan fingerprint density at radius 2 is 2.00 bits per heavy atom. The van der Waals surface area contributed by atoms with E-state index in [9.17, 15) is 9.59 Å². The van der Waals surface area contributed by atoms with Gasteiger partial charge in [-0.3, -0.25) is 4.79 Å². The number of rotatable bonds is 12. The van der Waals surface area contributed by atoms with E-state index in [1.165, 1.54) is 0 Å². The summed E-state index contributed by atoms with van der Waals surface area (Å²) in [6.45, 7) is 10.4. The first-order valence-corrected chi connectivity index (χ1v) is 11.5. The van der Waals surface area contributed by atoms with Crippen molar-refractivity contribution >= 4 is 24.5 Å². The number of aliphatic hydroxyl groups excluding tert-OH is 1. The molecule has 0 atom stereocenters. The lowest BCUT2D eigenvalue weighted by Crippen LogP contribution is -2.28. The highest BCUT2D eigenvalue weighted by Gasteiger charge is 2.20. The number of aliphatic hydroxyl groups is 1. The van der Waals surface area contributed by atoms with Crippen LogP contribution in [-0.4, -0.2) is 76.4 Å². The van der Waals surface area contributed by atoms with Gasteiger partial charge < -0.3 is 29.6 Å². The van der Waals surface area contributed by atoms with Gasteiger partial charge in [0.05, 0.1) is 12.3 Å². The first kappa shape index (κ1) is 29.1. The van der Waals surface area contributed by atoms with Gasteiger partial charge in [-0.05, 0) is 57.0 Å². The third kappa shape index (κ3) is 8.11. The molecular formula is C26H39N3O5. The number of aryl methyl sites for hydroxylation is 1. The molecule has 0 aromatic heterocycles. The lowest BCUT2D eigenvalue weighted by atomic mass is 9.97. The number of ether oxygens (including phenoxy) is 2. The van der Waals surface area contributed by atoms with Gasteiger partial charge in [0.25, 0.3) is 0 Å². The number of anilines is 1. The minimum absolute atomic E-state index is 0.00440. The number of Topliss-reactive ketones (excluding diaryl/α,β-unsaturated/α-hetero) is 1. The SMILES string of the molecule is C=N/C(=C\C=C(/CC=O)C(=O)c1ccc(C)c(OCC)c1NC)N(C)CC1CCOCC1.CO. The molecule has 1 heterocycles. The van der Waals surface area contributed by atoms with E-state index in [0.29, 0.717) is 40.9 Å². The molecule has 1 aromatic carbocycles. The van der Waals surface area contributed by atoms with E-state index < -0.39 is 0 Å². The van der Waals surface area contributed by atoms with Crippen LogP contribution in [0.5, 0.6) is 5.75 Å². The lowest BCUT2D eigenvalue weighted by Gasteiger charge is -2.28. The number of carbonyl (C=O) groups is 2. The number of aldehydes is 1. The second-order valence-corrected chi connectivity index (χ2v) is 7.83. The molecule has 8 nitrogen and oxygen atoms in total. The van der Waals surface area contributed by atoms with Gasteiger partial charge in [-0.25, -0.2) is 4.99 Å². The zero-order chi connectivity index (χ0) is 25.5. The number of benzene rings is 1. The predicted octanol–water partition coefficient (Wildman–Crippen LogP) is 3.64. The molecule has 0 amide bonds. The van der Waals surface area contributed by atoms with Gasteiger partial charge in [0.15, 0.2) is 5.78 Å². The maximum Gasteiger partial charge on any atom is 0.191 e. The fourth-order valence-electron chi connectivity index (χ4n) is 3.84. The molecule has 188 valence electrons. The van der Waals surface area contributed by atoms with Crippen LogP contribution in [-0.2, 0) is 9.53 Å². The highest BCUT2D eigenvalue weighted by Crippen LogP contribution is 2.34.